The number of ketones is 1. The van der Waals surface area contributed by atoms with Crippen LogP contribution in [0.2, 0.25) is 0 Å². The summed E-state index contributed by atoms with van der Waals surface area (Å²) >= 11 is 0. The number of nitro benzene ring substituents is 1. The zero-order valence-corrected chi connectivity index (χ0v) is 21.4. The number of nitro groups is 1. The molecule has 2 bridgehead atoms. The van der Waals surface area contributed by atoms with E-state index in [2.05, 4.69) is 4.90 Å². The highest BCUT2D eigenvalue weighted by Gasteiger charge is 2.67. The maximum Gasteiger partial charge on any atom is 0.269 e. The van der Waals surface area contributed by atoms with Gasteiger partial charge < -0.3 is 0 Å². The van der Waals surface area contributed by atoms with E-state index in [1.807, 2.05) is 38.1 Å². The van der Waals surface area contributed by atoms with Crippen LogP contribution in [0.15, 0.2) is 77.7 Å². The van der Waals surface area contributed by atoms with Crippen LogP contribution in [0, 0.1) is 23.0 Å². The van der Waals surface area contributed by atoms with Crippen molar-refractivity contribution in [2.75, 3.05) is 13.1 Å². The summed E-state index contributed by atoms with van der Waals surface area (Å²) < 4.78 is 28.8. The molecule has 0 radical (unpaired) electrons. The number of fused-ring (bicyclic) bond motifs is 3. The Kier molecular flexibility index (Phi) is 5.38. The zero-order chi connectivity index (χ0) is 26.1. The van der Waals surface area contributed by atoms with Crippen LogP contribution in [-0.4, -0.2) is 47.0 Å². The summed E-state index contributed by atoms with van der Waals surface area (Å²) in [6.07, 6.45) is 0.667. The Hall–Kier alpha value is -3.40. The molecule has 6 rings (SSSR count). The highest BCUT2D eigenvalue weighted by molar-refractivity contribution is 7.89. The molecule has 3 heterocycles. The Morgan fingerprint density at radius 1 is 1.03 bits per heavy atom. The topological polar surface area (TPSA) is 101 Å². The Morgan fingerprint density at radius 3 is 2.38 bits per heavy atom. The first kappa shape index (κ1) is 24.0. The molecule has 4 atom stereocenters. The van der Waals surface area contributed by atoms with Crippen LogP contribution >= 0.6 is 0 Å². The molecular weight excluding hydrogens is 490 g/mol. The van der Waals surface area contributed by atoms with Crippen LogP contribution < -0.4 is 0 Å². The van der Waals surface area contributed by atoms with Gasteiger partial charge in [-0.05, 0) is 43.5 Å². The van der Waals surface area contributed by atoms with E-state index in [1.54, 1.807) is 36.4 Å². The number of hydrogen-bond acceptors (Lipinski definition) is 6. The van der Waals surface area contributed by atoms with Crippen LogP contribution in [0.3, 0.4) is 0 Å². The van der Waals surface area contributed by atoms with Gasteiger partial charge in [-0.3, -0.25) is 19.8 Å². The minimum Gasteiger partial charge on any atom is -0.292 e. The van der Waals surface area contributed by atoms with Gasteiger partial charge in [-0.2, -0.15) is 4.31 Å². The van der Waals surface area contributed by atoms with E-state index in [9.17, 15) is 23.3 Å². The molecule has 190 valence electrons. The fourth-order valence-electron chi connectivity index (χ4n) is 6.65. The van der Waals surface area contributed by atoms with Crippen LogP contribution in [0.1, 0.15) is 52.5 Å². The predicted octanol–water partition coefficient (Wildman–Crippen LogP) is 4.67. The molecule has 0 saturated carbocycles. The number of aryl methyl sites for hydroxylation is 1. The van der Waals surface area contributed by atoms with Gasteiger partial charge in [-0.1, -0.05) is 54.1 Å². The second-order valence-corrected chi connectivity index (χ2v) is 12.3. The lowest BCUT2D eigenvalue weighted by Crippen LogP contribution is -2.59. The quantitative estimate of drug-likeness (QED) is 0.360. The van der Waals surface area contributed by atoms with Crippen LogP contribution in [0.25, 0.3) is 0 Å². The number of non-ortho nitro benzene ring substituents is 1. The number of nitrogens with zero attached hydrogens (tertiary/aromatic N) is 3. The molecule has 8 nitrogen and oxygen atoms in total. The van der Waals surface area contributed by atoms with Crippen LogP contribution in [0.4, 0.5) is 5.69 Å². The van der Waals surface area contributed by atoms with Gasteiger partial charge in [0.15, 0.2) is 5.78 Å². The van der Waals surface area contributed by atoms with Crippen molar-refractivity contribution < 1.29 is 18.1 Å². The highest BCUT2D eigenvalue weighted by Crippen LogP contribution is 2.59. The molecule has 9 heteroatoms. The zero-order valence-electron chi connectivity index (χ0n) is 20.6. The SMILES string of the molecule is Cc1ccc(S(=O)(=O)N2C[C@@H]3C[C@H]4c5ccccc5C(=O)[C@]3(C2)N4[C@@H](C)c2ccc([N+](=O)[O-])cc2)cc1. The van der Waals surface area contributed by atoms with Crippen molar-refractivity contribution in [3.63, 3.8) is 0 Å². The maximum absolute atomic E-state index is 14.3. The van der Waals surface area contributed by atoms with Crippen molar-refractivity contribution in [2.45, 2.75) is 42.8 Å². The second-order valence-electron chi connectivity index (χ2n) is 10.3. The predicted molar refractivity (Wildman–Crippen MR) is 138 cm³/mol. The molecule has 3 aromatic carbocycles. The van der Waals surface area contributed by atoms with Gasteiger partial charge >= 0.3 is 0 Å². The number of sulfonamides is 1. The molecule has 3 aliphatic rings. The van der Waals surface area contributed by atoms with Crippen molar-refractivity contribution in [2.24, 2.45) is 5.92 Å². The normalized spacial score (nSPS) is 26.1. The van der Waals surface area contributed by atoms with Gasteiger partial charge in [0, 0.05) is 48.8 Å². The first-order valence-electron chi connectivity index (χ1n) is 12.4. The third kappa shape index (κ3) is 3.41. The van der Waals surface area contributed by atoms with Gasteiger partial charge in [-0.25, -0.2) is 8.42 Å². The number of carbonyl (C=O) groups is 1. The van der Waals surface area contributed by atoms with Crippen LogP contribution in [0.5, 0.6) is 0 Å². The standard InChI is InChI=1S/C28H27N3O5S/c1-18-7-13-23(14-8-18)37(35,36)29-16-21-15-26-24-5-3-4-6-25(24)27(32)28(21,17-29)30(26)19(2)20-9-11-22(12-10-20)31(33)34/h3-14,19,21,26H,15-17H2,1-2H3/t19-,21-,26-,28+/m0/s1. The molecule has 0 aliphatic carbocycles. The van der Waals surface area contributed by atoms with E-state index >= 15 is 0 Å². The number of rotatable bonds is 5. The largest absolute Gasteiger partial charge is 0.292 e. The van der Waals surface area contributed by atoms with Gasteiger partial charge in [0.2, 0.25) is 10.0 Å². The average molecular weight is 518 g/mol. The molecule has 2 fully saturated rings. The van der Waals surface area contributed by atoms with Gasteiger partial charge in [0.1, 0.15) is 5.54 Å². The van der Waals surface area contributed by atoms with Crippen molar-refractivity contribution in [1.82, 2.24) is 9.21 Å². The molecule has 3 aromatic rings. The minimum absolute atomic E-state index is 0.00580. The smallest absolute Gasteiger partial charge is 0.269 e. The summed E-state index contributed by atoms with van der Waals surface area (Å²) in [5.41, 5.74) is 2.46. The third-order valence-corrected chi connectivity index (χ3v) is 10.3. The average Bonchev–Trinajstić information content (AvgIpc) is 3.40. The molecule has 3 aliphatic heterocycles. The first-order chi connectivity index (χ1) is 17.6. The maximum atomic E-state index is 14.3. The summed E-state index contributed by atoms with van der Waals surface area (Å²) in [6.45, 7) is 4.26. The number of hydrogen-bond donors (Lipinski definition) is 0. The Morgan fingerprint density at radius 2 is 1.70 bits per heavy atom. The van der Waals surface area contributed by atoms with E-state index in [4.69, 9.17) is 0 Å². The Bertz CT molecular complexity index is 1520. The van der Waals surface area contributed by atoms with Crippen LogP contribution in [-0.2, 0) is 10.0 Å². The first-order valence-corrected chi connectivity index (χ1v) is 13.8. The molecule has 2 saturated heterocycles. The second kappa shape index (κ2) is 8.31. The summed E-state index contributed by atoms with van der Waals surface area (Å²) in [4.78, 5) is 27.4. The van der Waals surface area contributed by atoms with Gasteiger partial charge in [0.05, 0.1) is 9.82 Å². The van der Waals surface area contributed by atoms with Gasteiger partial charge in [-0.15, -0.1) is 0 Å². The molecule has 0 N–H and O–H groups in total. The monoisotopic (exact) mass is 517 g/mol. The summed E-state index contributed by atoms with van der Waals surface area (Å²) in [7, 11) is -3.79. The van der Waals surface area contributed by atoms with E-state index in [0.29, 0.717) is 12.0 Å². The fraction of sp³-hybridized carbons (Fsp3) is 0.321. The molecule has 0 aromatic heterocycles. The Balaban J connectivity index is 1.44. The molecule has 37 heavy (non-hydrogen) atoms. The Labute approximate surface area is 215 Å². The number of benzene rings is 3. The van der Waals surface area contributed by atoms with E-state index < -0.39 is 20.5 Å². The summed E-state index contributed by atoms with van der Waals surface area (Å²) in [5.74, 6) is -0.213. The van der Waals surface area contributed by atoms with Crippen molar-refractivity contribution >= 4 is 21.5 Å². The molecule has 1 spiro atoms. The van der Waals surface area contributed by atoms with E-state index in [0.717, 1.165) is 16.7 Å². The van der Waals surface area contributed by atoms with E-state index in [-0.39, 0.29) is 47.5 Å². The lowest BCUT2D eigenvalue weighted by molar-refractivity contribution is -0.384. The summed E-state index contributed by atoms with van der Waals surface area (Å²) in [5, 5.41) is 11.2. The third-order valence-electron chi connectivity index (χ3n) is 8.44. The van der Waals surface area contributed by atoms with Crippen molar-refractivity contribution in [1.29, 1.82) is 0 Å². The molecular formula is C28H27N3O5S. The van der Waals surface area contributed by atoms with Crippen molar-refractivity contribution in [3.05, 3.63) is 105 Å². The van der Waals surface area contributed by atoms with Gasteiger partial charge in [0.25, 0.3) is 5.69 Å². The minimum atomic E-state index is -3.79. The molecule has 0 amide bonds. The number of Topliss-reactive ketones (excluding diaryl/α,β-unsaturated/α-hetero) is 1. The lowest BCUT2D eigenvalue weighted by Gasteiger charge is -2.47. The summed E-state index contributed by atoms with van der Waals surface area (Å²) in [6, 6.07) is 20.5. The van der Waals surface area contributed by atoms with E-state index in [1.165, 1.54) is 16.4 Å². The lowest BCUT2D eigenvalue weighted by atomic mass is 9.78. The van der Waals surface area contributed by atoms with Crippen molar-refractivity contribution in [3.8, 4) is 0 Å². The molecule has 0 unspecified atom stereocenters. The fourth-order valence-corrected chi connectivity index (χ4v) is 8.18. The number of carbonyl (C=O) groups excluding carboxylic acids is 1. The highest BCUT2D eigenvalue weighted by atomic mass is 32.2.